The number of benzene rings is 2. The first-order chi connectivity index (χ1) is 12.1. The summed E-state index contributed by atoms with van der Waals surface area (Å²) in [4.78, 5) is 28.1. The zero-order chi connectivity index (χ0) is 17.8. The van der Waals surface area contributed by atoms with Crippen LogP contribution in [-0.4, -0.2) is 31.2 Å². The average Bonchev–Trinajstić information content (AvgIpc) is 3.02. The number of esters is 1. The molecule has 0 fully saturated rings. The van der Waals surface area contributed by atoms with Gasteiger partial charge in [-0.1, -0.05) is 23.5 Å². The van der Waals surface area contributed by atoms with E-state index in [1.54, 1.807) is 36.4 Å². The summed E-state index contributed by atoms with van der Waals surface area (Å²) in [5.74, 6) is 0.142. The lowest BCUT2D eigenvalue weighted by atomic mass is 10.2. The molecule has 0 aliphatic heterocycles. The number of anilines is 2. The van der Waals surface area contributed by atoms with E-state index in [4.69, 9.17) is 9.47 Å². The van der Waals surface area contributed by atoms with Crippen LogP contribution in [-0.2, 0) is 4.74 Å². The highest BCUT2D eigenvalue weighted by Gasteiger charge is 2.12. The second-order valence-corrected chi connectivity index (χ2v) is 6.00. The molecule has 0 atom stereocenters. The van der Waals surface area contributed by atoms with Crippen LogP contribution in [0.5, 0.6) is 5.75 Å². The van der Waals surface area contributed by atoms with E-state index in [1.165, 1.54) is 25.6 Å². The number of thiazole rings is 1. The van der Waals surface area contributed by atoms with E-state index in [0.29, 0.717) is 27.6 Å². The van der Waals surface area contributed by atoms with Crippen molar-refractivity contribution in [1.82, 2.24) is 4.98 Å². The van der Waals surface area contributed by atoms with Crippen molar-refractivity contribution >= 4 is 44.4 Å². The van der Waals surface area contributed by atoms with E-state index in [2.05, 4.69) is 15.6 Å². The summed E-state index contributed by atoms with van der Waals surface area (Å²) in [6, 6.07) is 11.7. The van der Waals surface area contributed by atoms with Gasteiger partial charge in [-0.3, -0.25) is 5.32 Å². The van der Waals surface area contributed by atoms with Crippen LogP contribution < -0.4 is 15.4 Å². The molecule has 3 rings (SSSR count). The Morgan fingerprint density at radius 1 is 1.08 bits per heavy atom. The van der Waals surface area contributed by atoms with Gasteiger partial charge in [0.2, 0.25) is 0 Å². The number of hydrogen-bond donors (Lipinski definition) is 2. The van der Waals surface area contributed by atoms with E-state index < -0.39 is 12.0 Å². The molecule has 2 N–H and O–H groups in total. The molecule has 0 aliphatic rings. The molecular formula is C17H15N3O4S. The van der Waals surface area contributed by atoms with E-state index in [-0.39, 0.29) is 0 Å². The van der Waals surface area contributed by atoms with E-state index in [0.717, 1.165) is 4.70 Å². The molecule has 0 saturated carbocycles. The number of methoxy groups -OCH3 is 2. The molecule has 0 bridgehead atoms. The van der Waals surface area contributed by atoms with Gasteiger partial charge in [0.15, 0.2) is 5.13 Å². The molecule has 0 aliphatic carbocycles. The minimum atomic E-state index is -0.434. The smallest absolute Gasteiger partial charge is 0.337 e. The largest absolute Gasteiger partial charge is 0.495 e. The molecule has 128 valence electrons. The lowest BCUT2D eigenvalue weighted by molar-refractivity contribution is 0.0601. The summed E-state index contributed by atoms with van der Waals surface area (Å²) < 4.78 is 10.7. The van der Waals surface area contributed by atoms with Crippen LogP contribution in [0, 0.1) is 0 Å². The number of hydrogen-bond acceptors (Lipinski definition) is 6. The number of nitrogens with one attached hydrogen (secondary N) is 2. The number of fused-ring (bicyclic) bond motifs is 1. The first-order valence-corrected chi connectivity index (χ1v) is 8.12. The predicted octanol–water partition coefficient (Wildman–Crippen LogP) is 3.74. The van der Waals surface area contributed by atoms with Crippen molar-refractivity contribution in [1.29, 1.82) is 0 Å². The van der Waals surface area contributed by atoms with Gasteiger partial charge in [-0.2, -0.15) is 0 Å². The standard InChI is InChI=1S/C17H15N3O4S/c1-23-13-6-4-3-5-11(13)18-16(22)20-17-19-12-8-7-10(15(21)24-2)9-14(12)25-17/h3-9H,1-2H3,(H2,18,19,20,22). The molecule has 2 aromatic carbocycles. The van der Waals surface area contributed by atoms with Crippen molar-refractivity contribution in [3.8, 4) is 5.75 Å². The second-order valence-electron chi connectivity index (χ2n) is 4.97. The summed E-state index contributed by atoms with van der Waals surface area (Å²) in [6.07, 6.45) is 0. The van der Waals surface area contributed by atoms with Gasteiger partial charge in [0, 0.05) is 0 Å². The SMILES string of the molecule is COC(=O)c1ccc2nc(NC(=O)Nc3ccccc3OC)sc2c1. The number of rotatable bonds is 4. The van der Waals surface area contributed by atoms with Crippen LogP contribution in [0.4, 0.5) is 15.6 Å². The fourth-order valence-corrected chi connectivity index (χ4v) is 3.12. The number of amides is 2. The number of carbonyl (C=O) groups is 2. The van der Waals surface area contributed by atoms with Crippen LogP contribution in [0.25, 0.3) is 10.2 Å². The van der Waals surface area contributed by atoms with Crippen molar-refractivity contribution in [2.75, 3.05) is 24.9 Å². The Hall–Kier alpha value is -3.13. The molecule has 3 aromatic rings. The van der Waals surface area contributed by atoms with Crippen molar-refractivity contribution in [3.63, 3.8) is 0 Å². The van der Waals surface area contributed by atoms with Gasteiger partial charge < -0.3 is 14.8 Å². The zero-order valence-corrected chi connectivity index (χ0v) is 14.3. The summed E-state index contributed by atoms with van der Waals surface area (Å²) in [5, 5.41) is 5.81. The number of para-hydroxylation sites is 2. The average molecular weight is 357 g/mol. The molecular weight excluding hydrogens is 342 g/mol. The molecule has 8 heteroatoms. The topological polar surface area (TPSA) is 89.5 Å². The Balaban J connectivity index is 1.76. The van der Waals surface area contributed by atoms with E-state index in [1.807, 2.05) is 6.07 Å². The summed E-state index contributed by atoms with van der Waals surface area (Å²) >= 11 is 1.27. The fourth-order valence-electron chi connectivity index (χ4n) is 2.22. The summed E-state index contributed by atoms with van der Waals surface area (Å²) in [6.45, 7) is 0. The van der Waals surface area contributed by atoms with Gasteiger partial charge in [0.25, 0.3) is 0 Å². The highest BCUT2D eigenvalue weighted by atomic mass is 32.1. The first kappa shape index (κ1) is 16.7. The van der Waals surface area contributed by atoms with E-state index >= 15 is 0 Å². The maximum Gasteiger partial charge on any atom is 0.337 e. The van der Waals surface area contributed by atoms with Crippen LogP contribution >= 0.6 is 11.3 Å². The van der Waals surface area contributed by atoms with Crippen LogP contribution in [0.3, 0.4) is 0 Å². The number of carbonyl (C=O) groups excluding carboxylic acids is 2. The minimum Gasteiger partial charge on any atom is -0.495 e. The Labute approximate surface area is 147 Å². The zero-order valence-electron chi connectivity index (χ0n) is 13.5. The van der Waals surface area contributed by atoms with E-state index in [9.17, 15) is 9.59 Å². The molecule has 1 aromatic heterocycles. The Morgan fingerprint density at radius 3 is 2.64 bits per heavy atom. The molecule has 0 spiro atoms. The Morgan fingerprint density at radius 2 is 1.88 bits per heavy atom. The third kappa shape index (κ3) is 3.69. The Bertz CT molecular complexity index is 939. The quantitative estimate of drug-likeness (QED) is 0.694. The van der Waals surface area contributed by atoms with Gasteiger partial charge in [-0.05, 0) is 30.3 Å². The Kier molecular flexibility index (Phi) is 4.80. The van der Waals surface area contributed by atoms with Gasteiger partial charge in [0.05, 0.1) is 35.7 Å². The highest BCUT2D eigenvalue weighted by molar-refractivity contribution is 7.22. The third-order valence-electron chi connectivity index (χ3n) is 3.39. The van der Waals surface area contributed by atoms with Crippen LogP contribution in [0.1, 0.15) is 10.4 Å². The number of nitrogens with zero attached hydrogens (tertiary/aromatic N) is 1. The summed E-state index contributed by atoms with van der Waals surface area (Å²) in [7, 11) is 2.86. The number of urea groups is 1. The maximum atomic E-state index is 12.2. The molecule has 0 radical (unpaired) electrons. The highest BCUT2D eigenvalue weighted by Crippen LogP contribution is 2.28. The fraction of sp³-hybridized carbons (Fsp3) is 0.118. The molecule has 1 heterocycles. The van der Waals surface area contributed by atoms with Crippen molar-refractivity contribution in [2.45, 2.75) is 0 Å². The molecule has 0 saturated heterocycles. The minimum absolute atomic E-state index is 0.418. The van der Waals surface area contributed by atoms with Gasteiger partial charge in [0.1, 0.15) is 5.75 Å². The second kappa shape index (κ2) is 7.18. The van der Waals surface area contributed by atoms with Crippen LogP contribution in [0.2, 0.25) is 0 Å². The molecule has 7 nitrogen and oxygen atoms in total. The number of ether oxygens (including phenoxy) is 2. The van der Waals surface area contributed by atoms with Crippen molar-refractivity contribution < 1.29 is 19.1 Å². The lowest BCUT2D eigenvalue weighted by Gasteiger charge is -2.09. The summed E-state index contributed by atoms with van der Waals surface area (Å²) in [5.41, 5.74) is 1.67. The van der Waals surface area contributed by atoms with Gasteiger partial charge in [-0.25, -0.2) is 14.6 Å². The van der Waals surface area contributed by atoms with Gasteiger partial charge >= 0.3 is 12.0 Å². The van der Waals surface area contributed by atoms with Gasteiger partial charge in [-0.15, -0.1) is 0 Å². The normalized spacial score (nSPS) is 10.3. The first-order valence-electron chi connectivity index (χ1n) is 7.30. The third-order valence-corrected chi connectivity index (χ3v) is 4.32. The monoisotopic (exact) mass is 357 g/mol. The van der Waals surface area contributed by atoms with Crippen molar-refractivity contribution in [3.05, 3.63) is 48.0 Å². The molecule has 2 amide bonds. The maximum absolute atomic E-state index is 12.2. The lowest BCUT2D eigenvalue weighted by Crippen LogP contribution is -2.19. The predicted molar refractivity (Wildman–Crippen MR) is 96.6 cm³/mol. The molecule has 25 heavy (non-hydrogen) atoms. The van der Waals surface area contributed by atoms with Crippen molar-refractivity contribution in [2.24, 2.45) is 0 Å². The molecule has 0 unspecified atom stereocenters. The van der Waals surface area contributed by atoms with Crippen LogP contribution in [0.15, 0.2) is 42.5 Å². The number of aromatic nitrogens is 1.